The highest BCUT2D eigenvalue weighted by Gasteiger charge is 2.65. The molecule has 11 heteroatoms. The van der Waals surface area contributed by atoms with Gasteiger partial charge in [-0.3, -0.25) is 4.90 Å². The Morgan fingerprint density at radius 1 is 0.905 bits per heavy atom. The predicted octanol–water partition coefficient (Wildman–Crippen LogP) is 10.4. The topological polar surface area (TPSA) is 129 Å². The lowest BCUT2D eigenvalue weighted by molar-refractivity contribution is -0.255. The second-order valence-electron chi connectivity index (χ2n) is 16.6. The first-order chi connectivity index (χ1) is 30.9. The third-order valence-electron chi connectivity index (χ3n) is 12.5. The number of aliphatic hydroxyl groups is 2. The van der Waals surface area contributed by atoms with Gasteiger partial charge in [-0.25, -0.2) is 4.79 Å². The summed E-state index contributed by atoms with van der Waals surface area (Å²) >= 11 is 0. The zero-order chi connectivity index (χ0) is 44.0. The van der Waals surface area contributed by atoms with Crippen molar-refractivity contribution in [2.45, 2.75) is 89.6 Å². The minimum atomic E-state index is -1.38. The van der Waals surface area contributed by atoms with Crippen LogP contribution in [0.15, 0.2) is 120 Å². The lowest BCUT2D eigenvalue weighted by Crippen LogP contribution is -2.70. The summed E-state index contributed by atoms with van der Waals surface area (Å²) in [6.45, 7) is 9.85. The smallest absolute Gasteiger partial charge is 0.410 e. The van der Waals surface area contributed by atoms with Gasteiger partial charge in [-0.2, -0.15) is 0 Å². The summed E-state index contributed by atoms with van der Waals surface area (Å²) in [5.41, 5.74) is 3.75. The van der Waals surface area contributed by atoms with Crippen molar-refractivity contribution < 1.29 is 43.5 Å². The molecule has 11 nitrogen and oxygen atoms in total. The summed E-state index contributed by atoms with van der Waals surface area (Å²) in [5.74, 6) is 0.240. The summed E-state index contributed by atoms with van der Waals surface area (Å²) in [6, 6.07) is 29.5. The van der Waals surface area contributed by atoms with Crippen LogP contribution in [0.2, 0.25) is 0 Å². The fourth-order valence-electron chi connectivity index (χ4n) is 9.87. The number of benzene rings is 4. The van der Waals surface area contributed by atoms with E-state index < -0.39 is 23.8 Å². The highest BCUT2D eigenvalue weighted by atomic mass is 16.7. The van der Waals surface area contributed by atoms with Crippen molar-refractivity contribution in [3.63, 3.8) is 0 Å². The van der Waals surface area contributed by atoms with Crippen molar-refractivity contribution in [2.24, 2.45) is 22.9 Å². The van der Waals surface area contributed by atoms with Gasteiger partial charge in [0.1, 0.15) is 36.5 Å². The molecule has 1 fully saturated rings. The number of fused-ring (bicyclic) bond motifs is 3. The molecule has 0 radical (unpaired) electrons. The zero-order valence-electron chi connectivity index (χ0n) is 36.9. The lowest BCUT2D eigenvalue weighted by atomic mass is 9.55. The summed E-state index contributed by atoms with van der Waals surface area (Å²) in [4.78, 5) is 22.1. The van der Waals surface area contributed by atoms with Gasteiger partial charge in [-0.15, -0.1) is 6.58 Å². The molecule has 0 spiro atoms. The van der Waals surface area contributed by atoms with Gasteiger partial charge >= 0.3 is 6.09 Å². The van der Waals surface area contributed by atoms with Crippen LogP contribution < -0.4 is 9.47 Å². The normalized spacial score (nSPS) is 23.0. The van der Waals surface area contributed by atoms with Gasteiger partial charge in [0, 0.05) is 37.7 Å². The maximum Gasteiger partial charge on any atom is 0.410 e. The first-order valence-corrected chi connectivity index (χ1v) is 22.9. The van der Waals surface area contributed by atoms with E-state index in [2.05, 4.69) is 43.0 Å². The second-order valence-corrected chi connectivity index (χ2v) is 16.6. The molecule has 2 aliphatic carbocycles. The van der Waals surface area contributed by atoms with E-state index in [-0.39, 0.29) is 50.8 Å². The molecular weight excluding hydrogens is 797 g/mol. The van der Waals surface area contributed by atoms with E-state index in [0.29, 0.717) is 56.9 Å². The molecule has 1 saturated carbocycles. The number of oxime groups is 1. The van der Waals surface area contributed by atoms with Crippen molar-refractivity contribution in [2.75, 3.05) is 46.2 Å². The third kappa shape index (κ3) is 10.6. The number of hydrogen-bond donors (Lipinski definition) is 2. The molecule has 0 bridgehead atoms. The van der Waals surface area contributed by atoms with Crippen LogP contribution in [0.25, 0.3) is 10.8 Å². The Labute approximate surface area is 372 Å². The molecule has 1 amide bonds. The monoisotopic (exact) mass is 860 g/mol. The van der Waals surface area contributed by atoms with Gasteiger partial charge in [0.15, 0.2) is 0 Å². The average molecular weight is 861 g/mol. The first kappa shape index (κ1) is 45.8. The summed E-state index contributed by atoms with van der Waals surface area (Å²) in [5, 5.41) is 26.9. The van der Waals surface area contributed by atoms with E-state index >= 15 is 0 Å². The Morgan fingerprint density at radius 3 is 2.41 bits per heavy atom. The Bertz CT molecular complexity index is 2180. The summed E-state index contributed by atoms with van der Waals surface area (Å²) < 4.78 is 33.0. The minimum absolute atomic E-state index is 0.0718. The number of rotatable bonds is 23. The second kappa shape index (κ2) is 22.4. The molecule has 7 rings (SSSR count). The van der Waals surface area contributed by atoms with E-state index in [1.807, 2.05) is 74.5 Å². The van der Waals surface area contributed by atoms with E-state index in [4.69, 9.17) is 33.7 Å². The maximum atomic E-state index is 14.5. The van der Waals surface area contributed by atoms with Crippen LogP contribution in [-0.4, -0.2) is 84.9 Å². The van der Waals surface area contributed by atoms with E-state index in [1.54, 1.807) is 11.0 Å². The Hall–Kier alpha value is -5.20. The fraction of sp³-hybridized carbons (Fsp3) is 0.462. The third-order valence-corrected chi connectivity index (χ3v) is 12.5. The number of hydrogen-bond acceptors (Lipinski definition) is 10. The fourth-order valence-corrected chi connectivity index (χ4v) is 9.87. The largest absolute Gasteiger partial charge is 0.459 e. The van der Waals surface area contributed by atoms with Crippen LogP contribution >= 0.6 is 0 Å². The number of allylic oxidation sites excluding steroid dienone is 1. The SMILES string of the molecule is C=CCO[C@@]12Oc3ccc(Oc4ccc5ccccc5c4)cc3[C@H]3[C@H](CCCCO)[C@@H](CCCCO)C=C(C(=NOCC)C[C@@H]1N(CCC)C(=O)OCCOCc1ccccc1)[C@H]32. The molecule has 4 aromatic rings. The van der Waals surface area contributed by atoms with Crippen LogP contribution in [0.1, 0.15) is 82.3 Å². The highest BCUT2D eigenvalue weighted by Crippen LogP contribution is 2.62. The molecule has 0 saturated heterocycles. The van der Waals surface area contributed by atoms with Crippen molar-refractivity contribution in [3.05, 3.63) is 126 Å². The van der Waals surface area contributed by atoms with Crippen LogP contribution in [0.5, 0.6) is 17.2 Å². The highest BCUT2D eigenvalue weighted by molar-refractivity contribution is 6.03. The number of nitrogens with zero attached hydrogens (tertiary/aromatic N) is 2. The Balaban J connectivity index is 1.33. The van der Waals surface area contributed by atoms with E-state index in [0.717, 1.165) is 64.6 Å². The number of ether oxygens (including phenoxy) is 5. The van der Waals surface area contributed by atoms with Crippen molar-refractivity contribution >= 4 is 22.6 Å². The molecule has 0 unspecified atom stereocenters. The minimum Gasteiger partial charge on any atom is -0.459 e. The molecule has 336 valence electrons. The molecule has 6 atom stereocenters. The molecule has 1 heterocycles. The average Bonchev–Trinajstić information content (AvgIpc) is 3.31. The maximum absolute atomic E-state index is 14.5. The van der Waals surface area contributed by atoms with E-state index in [9.17, 15) is 15.0 Å². The van der Waals surface area contributed by atoms with Gasteiger partial charge < -0.3 is 38.7 Å². The molecule has 4 aromatic carbocycles. The van der Waals surface area contributed by atoms with Crippen LogP contribution in [0.3, 0.4) is 0 Å². The van der Waals surface area contributed by atoms with Gasteiger partial charge in [0.2, 0.25) is 5.79 Å². The van der Waals surface area contributed by atoms with Crippen LogP contribution in [0, 0.1) is 17.8 Å². The van der Waals surface area contributed by atoms with E-state index in [1.165, 1.54) is 0 Å². The van der Waals surface area contributed by atoms with Crippen LogP contribution in [-0.2, 0) is 25.7 Å². The van der Waals surface area contributed by atoms with Crippen molar-refractivity contribution in [1.29, 1.82) is 0 Å². The van der Waals surface area contributed by atoms with Gasteiger partial charge in [-0.05, 0) is 103 Å². The van der Waals surface area contributed by atoms with Crippen molar-refractivity contribution in [1.82, 2.24) is 4.90 Å². The first-order valence-electron chi connectivity index (χ1n) is 22.9. The molecular formula is C52H64N2O9. The molecule has 2 N–H and O–H groups in total. The zero-order valence-corrected chi connectivity index (χ0v) is 36.9. The number of amides is 1. The summed E-state index contributed by atoms with van der Waals surface area (Å²) in [6.07, 6.45) is 9.24. The number of carbonyl (C=O) groups is 1. The standard InChI is InChI=1S/C52H64N2O9/c1-4-26-54(51(57)59-31-30-58-36-37-16-8-7-9-17-37)48-35-46(53-61-6-3)44-33-40(20-12-14-27-55)43(21-13-15-28-56)49-45-34-42(62-41-23-22-38-18-10-11-19-39(38)32-41)24-25-47(45)63-52(48,50(44)49)60-29-5-2/h5,7-11,16-19,22-25,32-34,40,43,48-50,55-56H,2,4,6,12-15,20-21,26-31,35-36H2,1,3H3/t40-,43+,48-,49+,50+,52+/m0/s1. The number of aliphatic hydroxyl groups excluding tert-OH is 2. The molecule has 63 heavy (non-hydrogen) atoms. The van der Waals surface area contributed by atoms with Gasteiger partial charge in [0.05, 0.1) is 31.5 Å². The molecule has 1 aliphatic heterocycles. The van der Waals surface area contributed by atoms with Gasteiger partial charge in [0.25, 0.3) is 0 Å². The predicted molar refractivity (Wildman–Crippen MR) is 245 cm³/mol. The summed E-state index contributed by atoms with van der Waals surface area (Å²) in [7, 11) is 0. The molecule has 3 aliphatic rings. The lowest BCUT2D eigenvalue weighted by Gasteiger charge is -2.59. The Kier molecular flexibility index (Phi) is 16.3. The Morgan fingerprint density at radius 2 is 1.65 bits per heavy atom. The van der Waals surface area contributed by atoms with Gasteiger partial charge in [-0.1, -0.05) is 97.7 Å². The molecule has 0 aromatic heterocycles. The van der Waals surface area contributed by atoms with Crippen molar-refractivity contribution in [3.8, 4) is 17.2 Å². The number of unbranched alkanes of at least 4 members (excludes halogenated alkanes) is 2. The van der Waals surface area contributed by atoms with Crippen LogP contribution in [0.4, 0.5) is 4.79 Å². The quantitative estimate of drug-likeness (QED) is 0.0425. The number of carbonyl (C=O) groups excluding carboxylic acids is 1.